The zero-order valence-corrected chi connectivity index (χ0v) is 5.78. The van der Waals surface area contributed by atoms with E-state index in [1.54, 1.807) is 6.21 Å². The summed E-state index contributed by atoms with van der Waals surface area (Å²) < 4.78 is 0. The second-order valence-corrected chi connectivity index (χ2v) is 2.06. The van der Waals surface area contributed by atoms with Crippen LogP contribution in [0.1, 0.15) is 6.92 Å². The summed E-state index contributed by atoms with van der Waals surface area (Å²) in [7, 11) is 0. The fourth-order valence-corrected chi connectivity index (χ4v) is 0.242. The molecule has 0 aliphatic heterocycles. The van der Waals surface area contributed by atoms with Crippen molar-refractivity contribution in [2.45, 2.75) is 6.92 Å². The highest BCUT2D eigenvalue weighted by molar-refractivity contribution is 7.85. The summed E-state index contributed by atoms with van der Waals surface area (Å²) in [5.41, 5.74) is 0.764. The van der Waals surface area contributed by atoms with Gasteiger partial charge in [0.05, 0.1) is 0 Å². The van der Waals surface area contributed by atoms with E-state index in [1.165, 1.54) is 0 Å². The van der Waals surface area contributed by atoms with E-state index in [9.17, 15) is 0 Å². The Morgan fingerprint density at radius 2 is 2.12 bits per heavy atom. The van der Waals surface area contributed by atoms with Crippen molar-refractivity contribution in [1.29, 1.82) is 0 Å². The molecule has 0 aromatic heterocycles. The van der Waals surface area contributed by atoms with E-state index in [0.29, 0.717) is 4.91 Å². The largest absolute Gasteiger partial charge is 0.261 e. The lowest BCUT2D eigenvalue weighted by Crippen LogP contribution is -1.69. The molecule has 44 valence electrons. The molecule has 0 rings (SSSR count). The first-order valence-corrected chi connectivity index (χ1v) is 2.65. The minimum atomic E-state index is 0.646. The van der Waals surface area contributed by atoms with Gasteiger partial charge in [-0.15, -0.1) is 12.6 Å². The highest BCUT2D eigenvalue weighted by Crippen LogP contribution is 1.93. The van der Waals surface area contributed by atoms with Crippen LogP contribution in [0.5, 0.6) is 0 Å². The zero-order chi connectivity index (χ0) is 6.57. The van der Waals surface area contributed by atoms with Gasteiger partial charge in [-0.25, -0.2) is 0 Å². The van der Waals surface area contributed by atoms with E-state index >= 15 is 0 Å². The van der Waals surface area contributed by atoms with Crippen LogP contribution in [-0.4, -0.2) is 6.21 Å². The first-order valence-electron chi connectivity index (χ1n) is 2.20. The Labute approximate surface area is 55.2 Å². The van der Waals surface area contributed by atoms with Gasteiger partial charge in [0.15, 0.2) is 0 Å². The maximum Gasteiger partial charge on any atom is 0.0398 e. The molecule has 0 aromatic carbocycles. The first kappa shape index (κ1) is 7.50. The van der Waals surface area contributed by atoms with Gasteiger partial charge >= 0.3 is 0 Å². The van der Waals surface area contributed by atoms with E-state index in [-0.39, 0.29) is 0 Å². The molecule has 0 radical (unpaired) electrons. The van der Waals surface area contributed by atoms with Crippen LogP contribution < -0.4 is 0 Å². The molecular formula is C6H9NS. The van der Waals surface area contributed by atoms with Gasteiger partial charge in [0.1, 0.15) is 0 Å². The average molecular weight is 127 g/mol. The topological polar surface area (TPSA) is 12.4 Å². The van der Waals surface area contributed by atoms with Crippen molar-refractivity contribution in [2.24, 2.45) is 4.99 Å². The number of nitrogens with zero attached hydrogens (tertiary/aromatic N) is 1. The summed E-state index contributed by atoms with van der Waals surface area (Å²) >= 11 is 3.89. The number of hydrogen-bond acceptors (Lipinski definition) is 2. The summed E-state index contributed by atoms with van der Waals surface area (Å²) in [5.74, 6) is 0. The molecule has 8 heavy (non-hydrogen) atoms. The van der Waals surface area contributed by atoms with E-state index in [2.05, 4.69) is 30.8 Å². The minimum Gasteiger partial charge on any atom is -0.261 e. The lowest BCUT2D eigenvalue weighted by molar-refractivity contribution is 1.34. The Morgan fingerprint density at radius 3 is 2.25 bits per heavy atom. The number of rotatable bonds is 2. The fourth-order valence-electron chi connectivity index (χ4n) is 0.185. The fraction of sp³-hybridized carbons (Fsp3) is 0.167. The maximum atomic E-state index is 3.89. The molecule has 0 N–H and O–H groups in total. The van der Waals surface area contributed by atoms with Crippen molar-refractivity contribution in [1.82, 2.24) is 0 Å². The molecule has 1 nitrogen and oxygen atoms in total. The third-order valence-electron chi connectivity index (χ3n) is 0.434. The van der Waals surface area contributed by atoms with E-state index in [1.807, 2.05) is 6.92 Å². The van der Waals surface area contributed by atoms with Gasteiger partial charge in [-0.1, -0.05) is 13.2 Å². The van der Waals surface area contributed by atoms with Crippen LogP contribution in [0, 0.1) is 0 Å². The van der Waals surface area contributed by atoms with Crippen molar-refractivity contribution in [2.75, 3.05) is 0 Å². The SMILES string of the molecule is C=C(S)C=NC(=C)C. The summed E-state index contributed by atoms with van der Waals surface area (Å²) in [4.78, 5) is 4.47. The number of hydrogen-bond donors (Lipinski definition) is 1. The van der Waals surface area contributed by atoms with Gasteiger partial charge < -0.3 is 0 Å². The Hall–Kier alpha value is -0.500. The molecule has 0 bridgehead atoms. The predicted octanol–water partition coefficient (Wildman–Crippen LogP) is 2.03. The average Bonchev–Trinajstić information content (AvgIpc) is 1.61. The van der Waals surface area contributed by atoms with Crippen LogP contribution in [0.25, 0.3) is 0 Å². The highest BCUT2D eigenvalue weighted by atomic mass is 32.1. The molecule has 0 fully saturated rings. The molecule has 0 aliphatic carbocycles. The minimum absolute atomic E-state index is 0.646. The predicted molar refractivity (Wildman–Crippen MR) is 41.4 cm³/mol. The second-order valence-electron chi connectivity index (χ2n) is 1.48. The van der Waals surface area contributed by atoms with Crippen LogP contribution in [-0.2, 0) is 0 Å². The van der Waals surface area contributed by atoms with Gasteiger partial charge in [0, 0.05) is 16.8 Å². The van der Waals surface area contributed by atoms with Gasteiger partial charge in [-0.2, -0.15) is 0 Å². The Kier molecular flexibility index (Phi) is 3.28. The molecule has 0 amide bonds. The molecule has 0 aliphatic rings. The van der Waals surface area contributed by atoms with E-state index in [4.69, 9.17) is 0 Å². The summed E-state index contributed by atoms with van der Waals surface area (Å²) in [5, 5.41) is 0. The van der Waals surface area contributed by atoms with Crippen LogP contribution in [0.2, 0.25) is 0 Å². The standard InChI is InChI=1S/C6H9NS/c1-5(2)7-4-6(3)8/h4,8H,1,3H2,2H3. The van der Waals surface area contributed by atoms with Crippen molar-refractivity contribution in [3.05, 3.63) is 23.8 Å². The number of thiol groups is 1. The lowest BCUT2D eigenvalue weighted by Gasteiger charge is -1.83. The molecule has 0 spiro atoms. The van der Waals surface area contributed by atoms with Crippen LogP contribution in [0.4, 0.5) is 0 Å². The first-order chi connectivity index (χ1) is 3.63. The van der Waals surface area contributed by atoms with Crippen molar-refractivity contribution >= 4 is 18.8 Å². The van der Waals surface area contributed by atoms with Gasteiger partial charge in [0.25, 0.3) is 0 Å². The maximum absolute atomic E-state index is 3.89. The molecule has 2 heteroatoms. The summed E-state index contributed by atoms with van der Waals surface area (Å²) in [6.07, 6.45) is 1.56. The molecule has 0 saturated heterocycles. The molecule has 0 unspecified atom stereocenters. The Morgan fingerprint density at radius 1 is 1.62 bits per heavy atom. The smallest absolute Gasteiger partial charge is 0.0398 e. The summed E-state index contributed by atoms with van der Waals surface area (Å²) in [6, 6.07) is 0. The highest BCUT2D eigenvalue weighted by Gasteiger charge is 1.74. The van der Waals surface area contributed by atoms with Crippen LogP contribution in [0.3, 0.4) is 0 Å². The van der Waals surface area contributed by atoms with Crippen molar-refractivity contribution in [3.63, 3.8) is 0 Å². The van der Waals surface area contributed by atoms with Gasteiger partial charge in [-0.3, -0.25) is 4.99 Å². The molecular weight excluding hydrogens is 118 g/mol. The third kappa shape index (κ3) is 5.50. The lowest BCUT2D eigenvalue weighted by atomic mass is 10.6. The Bertz CT molecular complexity index is 119. The third-order valence-corrected chi connectivity index (χ3v) is 0.549. The number of aliphatic imine (C=N–C) groups is 1. The molecule has 0 heterocycles. The molecule has 0 saturated carbocycles. The summed E-state index contributed by atoms with van der Waals surface area (Å²) in [6.45, 7) is 8.87. The quantitative estimate of drug-likeness (QED) is 0.430. The van der Waals surface area contributed by atoms with E-state index < -0.39 is 0 Å². The molecule has 0 atom stereocenters. The van der Waals surface area contributed by atoms with Gasteiger partial charge in [-0.05, 0) is 6.92 Å². The van der Waals surface area contributed by atoms with Gasteiger partial charge in [0.2, 0.25) is 0 Å². The number of allylic oxidation sites excluding steroid dienone is 2. The Balaban J connectivity index is 3.67. The van der Waals surface area contributed by atoms with E-state index in [0.717, 1.165) is 5.70 Å². The normalized spacial score (nSPS) is 9.75. The molecule has 0 aromatic rings. The van der Waals surface area contributed by atoms with Crippen LogP contribution in [0.15, 0.2) is 28.8 Å². The zero-order valence-electron chi connectivity index (χ0n) is 4.89. The van der Waals surface area contributed by atoms with Crippen molar-refractivity contribution in [3.8, 4) is 0 Å². The second kappa shape index (κ2) is 3.50. The van der Waals surface area contributed by atoms with Crippen molar-refractivity contribution < 1.29 is 0 Å². The van der Waals surface area contributed by atoms with Crippen LogP contribution >= 0.6 is 12.6 Å². The monoisotopic (exact) mass is 127 g/mol.